The molecule has 2 rings (SSSR count). The Labute approximate surface area is 87.7 Å². The first kappa shape index (κ1) is 10.4. The second-order valence-corrected chi connectivity index (χ2v) is 4.43. The Balaban J connectivity index is 2.09. The fraction of sp³-hybridized carbons (Fsp3) is 0.800. The van der Waals surface area contributed by atoms with Gasteiger partial charge < -0.3 is 15.1 Å². The lowest BCUT2D eigenvalue weighted by molar-refractivity contribution is -0.167. The van der Waals surface area contributed by atoms with Crippen molar-refractivity contribution in [1.29, 1.82) is 0 Å². The molecule has 1 unspecified atom stereocenters. The minimum Gasteiger partial charge on any atom is -0.480 e. The summed E-state index contributed by atoms with van der Waals surface area (Å²) in [6.07, 6.45) is 1.75. The minimum absolute atomic E-state index is 0.286. The molecule has 1 saturated heterocycles. The fourth-order valence-corrected chi connectivity index (χ4v) is 2.28. The Morgan fingerprint density at radius 1 is 1.33 bits per heavy atom. The molecule has 2 fully saturated rings. The van der Waals surface area contributed by atoms with E-state index < -0.39 is 17.5 Å². The molecule has 0 aromatic rings. The van der Waals surface area contributed by atoms with Crippen LogP contribution < -0.4 is 0 Å². The molecule has 84 valence electrons. The summed E-state index contributed by atoms with van der Waals surface area (Å²) in [7, 11) is 0. The summed E-state index contributed by atoms with van der Waals surface area (Å²) in [4.78, 5) is 24.5. The van der Waals surface area contributed by atoms with Gasteiger partial charge in [0.25, 0.3) is 0 Å². The molecular formula is C10H15NO4. The van der Waals surface area contributed by atoms with E-state index in [1.54, 1.807) is 0 Å². The summed E-state index contributed by atoms with van der Waals surface area (Å²) in [6, 6.07) is 0. The lowest BCUT2D eigenvalue weighted by Crippen LogP contribution is -2.52. The van der Waals surface area contributed by atoms with Crippen LogP contribution in [0.15, 0.2) is 0 Å². The van der Waals surface area contributed by atoms with Gasteiger partial charge in [-0.05, 0) is 19.3 Å². The monoisotopic (exact) mass is 213 g/mol. The van der Waals surface area contributed by atoms with Crippen molar-refractivity contribution in [3.05, 3.63) is 0 Å². The lowest BCUT2D eigenvalue weighted by Gasteiger charge is -2.38. The molecular weight excluding hydrogens is 198 g/mol. The largest absolute Gasteiger partial charge is 0.480 e. The molecule has 0 radical (unpaired) electrons. The summed E-state index contributed by atoms with van der Waals surface area (Å²) in [5, 5.41) is 18.4. The van der Waals surface area contributed by atoms with E-state index in [4.69, 9.17) is 5.11 Å². The minimum atomic E-state index is -1.18. The maximum absolute atomic E-state index is 12.0. The second-order valence-electron chi connectivity index (χ2n) is 4.43. The third-order valence-corrected chi connectivity index (χ3v) is 3.48. The normalized spacial score (nSPS) is 28.6. The molecule has 0 bridgehead atoms. The van der Waals surface area contributed by atoms with Crippen molar-refractivity contribution in [3.8, 4) is 0 Å². The van der Waals surface area contributed by atoms with Crippen molar-refractivity contribution in [2.24, 2.45) is 5.41 Å². The zero-order chi connectivity index (χ0) is 11.1. The molecule has 2 aliphatic rings. The van der Waals surface area contributed by atoms with Crippen LogP contribution in [-0.4, -0.2) is 46.2 Å². The van der Waals surface area contributed by atoms with Gasteiger partial charge in [-0.15, -0.1) is 0 Å². The van der Waals surface area contributed by atoms with Crippen molar-refractivity contribution in [1.82, 2.24) is 4.90 Å². The highest BCUT2D eigenvalue weighted by molar-refractivity contribution is 6.02. The molecule has 0 aromatic heterocycles. The average molecular weight is 213 g/mol. The molecule has 1 aliphatic carbocycles. The van der Waals surface area contributed by atoms with Gasteiger partial charge >= 0.3 is 5.97 Å². The van der Waals surface area contributed by atoms with Gasteiger partial charge in [-0.25, -0.2) is 0 Å². The van der Waals surface area contributed by atoms with Crippen molar-refractivity contribution in [3.63, 3.8) is 0 Å². The SMILES string of the molecule is O=C(O)C1(C(=O)N2CCC(O)C2)CCC1. The van der Waals surface area contributed by atoms with Crippen LogP contribution in [0, 0.1) is 5.41 Å². The van der Waals surface area contributed by atoms with Gasteiger partial charge in [-0.3, -0.25) is 9.59 Å². The standard InChI is InChI=1S/C10H15NO4/c12-7-2-5-11(6-7)8(13)10(9(14)15)3-1-4-10/h7,12H,1-6H2,(H,14,15). The van der Waals surface area contributed by atoms with Crippen LogP contribution in [0.5, 0.6) is 0 Å². The highest BCUT2D eigenvalue weighted by Gasteiger charge is 2.53. The highest BCUT2D eigenvalue weighted by Crippen LogP contribution is 2.43. The van der Waals surface area contributed by atoms with Gasteiger partial charge in [-0.1, -0.05) is 6.42 Å². The second kappa shape index (κ2) is 3.48. The highest BCUT2D eigenvalue weighted by atomic mass is 16.4. The smallest absolute Gasteiger partial charge is 0.319 e. The number of carboxylic acid groups (broad SMARTS) is 1. The van der Waals surface area contributed by atoms with E-state index in [-0.39, 0.29) is 12.5 Å². The van der Waals surface area contributed by atoms with Gasteiger partial charge in [0.1, 0.15) is 5.41 Å². The Morgan fingerprint density at radius 2 is 2.00 bits per heavy atom. The number of aliphatic hydroxyl groups excluding tert-OH is 1. The van der Waals surface area contributed by atoms with E-state index in [0.29, 0.717) is 25.8 Å². The Kier molecular flexibility index (Phi) is 2.42. The number of aliphatic hydroxyl groups is 1. The zero-order valence-electron chi connectivity index (χ0n) is 8.48. The number of amides is 1. The fourth-order valence-electron chi connectivity index (χ4n) is 2.28. The summed E-state index contributed by atoms with van der Waals surface area (Å²) in [5.41, 5.74) is -1.18. The number of carbonyl (C=O) groups is 2. The number of β-amino-alcohol motifs (C(OH)–C–C–N with tert-alkyl or cyclic N) is 1. The van der Waals surface area contributed by atoms with Crippen molar-refractivity contribution >= 4 is 11.9 Å². The van der Waals surface area contributed by atoms with E-state index in [0.717, 1.165) is 6.42 Å². The Bertz CT molecular complexity index is 298. The van der Waals surface area contributed by atoms with Crippen LogP contribution in [-0.2, 0) is 9.59 Å². The molecule has 1 aliphatic heterocycles. The lowest BCUT2D eigenvalue weighted by atomic mass is 9.68. The van der Waals surface area contributed by atoms with Crippen LogP contribution in [0.4, 0.5) is 0 Å². The third-order valence-electron chi connectivity index (χ3n) is 3.48. The number of carbonyl (C=O) groups excluding carboxylic acids is 1. The van der Waals surface area contributed by atoms with Gasteiger partial charge in [0.15, 0.2) is 0 Å². The first-order chi connectivity index (χ1) is 7.06. The Morgan fingerprint density at radius 3 is 2.33 bits per heavy atom. The van der Waals surface area contributed by atoms with Crippen LogP contribution in [0.25, 0.3) is 0 Å². The average Bonchev–Trinajstić information content (AvgIpc) is 2.48. The number of hydrogen-bond acceptors (Lipinski definition) is 3. The van der Waals surface area contributed by atoms with E-state index >= 15 is 0 Å². The number of nitrogens with zero attached hydrogens (tertiary/aromatic N) is 1. The summed E-state index contributed by atoms with van der Waals surface area (Å²) in [6.45, 7) is 0.767. The number of hydrogen-bond donors (Lipinski definition) is 2. The molecule has 1 atom stereocenters. The molecule has 0 aromatic carbocycles. The van der Waals surface area contributed by atoms with Crippen LogP contribution >= 0.6 is 0 Å². The molecule has 1 saturated carbocycles. The van der Waals surface area contributed by atoms with E-state index in [1.807, 2.05) is 0 Å². The van der Waals surface area contributed by atoms with Crippen LogP contribution in [0.1, 0.15) is 25.7 Å². The van der Waals surface area contributed by atoms with Crippen molar-refractivity contribution < 1.29 is 19.8 Å². The number of aliphatic carboxylic acids is 1. The number of carboxylic acids is 1. The van der Waals surface area contributed by atoms with Crippen LogP contribution in [0.3, 0.4) is 0 Å². The first-order valence-electron chi connectivity index (χ1n) is 5.27. The number of likely N-dealkylation sites (tertiary alicyclic amines) is 1. The molecule has 2 N–H and O–H groups in total. The molecule has 5 nitrogen and oxygen atoms in total. The molecule has 15 heavy (non-hydrogen) atoms. The van der Waals surface area contributed by atoms with E-state index in [9.17, 15) is 14.7 Å². The van der Waals surface area contributed by atoms with Crippen molar-refractivity contribution in [2.45, 2.75) is 31.8 Å². The van der Waals surface area contributed by atoms with Crippen LogP contribution in [0.2, 0.25) is 0 Å². The topological polar surface area (TPSA) is 77.8 Å². The molecule has 1 heterocycles. The number of rotatable bonds is 2. The van der Waals surface area contributed by atoms with Gasteiger partial charge in [0.05, 0.1) is 6.10 Å². The van der Waals surface area contributed by atoms with Gasteiger partial charge in [0, 0.05) is 13.1 Å². The quantitative estimate of drug-likeness (QED) is 0.624. The zero-order valence-corrected chi connectivity index (χ0v) is 8.48. The summed E-state index contributed by atoms with van der Waals surface area (Å²) >= 11 is 0. The summed E-state index contributed by atoms with van der Waals surface area (Å²) < 4.78 is 0. The first-order valence-corrected chi connectivity index (χ1v) is 5.27. The maximum Gasteiger partial charge on any atom is 0.319 e. The van der Waals surface area contributed by atoms with Gasteiger partial charge in [-0.2, -0.15) is 0 Å². The van der Waals surface area contributed by atoms with Gasteiger partial charge in [0.2, 0.25) is 5.91 Å². The third kappa shape index (κ3) is 1.51. The molecule has 5 heteroatoms. The summed E-state index contributed by atoms with van der Waals surface area (Å²) in [5.74, 6) is -1.32. The Hall–Kier alpha value is -1.10. The predicted octanol–water partition coefficient (Wildman–Crippen LogP) is -0.166. The van der Waals surface area contributed by atoms with E-state index in [1.165, 1.54) is 4.90 Å². The maximum atomic E-state index is 12.0. The molecule has 1 amide bonds. The van der Waals surface area contributed by atoms with E-state index in [2.05, 4.69) is 0 Å². The van der Waals surface area contributed by atoms with Crippen molar-refractivity contribution in [2.75, 3.05) is 13.1 Å². The molecule has 0 spiro atoms. The predicted molar refractivity (Wildman–Crippen MR) is 51.1 cm³/mol.